The third kappa shape index (κ3) is 4.21. The van der Waals surface area contributed by atoms with Crippen molar-refractivity contribution in [2.24, 2.45) is 0 Å². The van der Waals surface area contributed by atoms with Gasteiger partial charge in [-0.2, -0.15) is 0 Å². The number of benzene rings is 1. The number of likely N-dealkylation sites (tertiary alicyclic amines) is 1. The molecule has 31 heavy (non-hydrogen) atoms. The van der Waals surface area contributed by atoms with E-state index in [1.54, 1.807) is 12.3 Å². The van der Waals surface area contributed by atoms with Crippen LogP contribution in [-0.4, -0.2) is 53.8 Å². The second-order valence-corrected chi connectivity index (χ2v) is 8.28. The lowest BCUT2D eigenvalue weighted by molar-refractivity contribution is 0.171. The van der Waals surface area contributed by atoms with Crippen molar-refractivity contribution in [1.82, 2.24) is 29.5 Å². The lowest BCUT2D eigenvalue weighted by atomic mass is 10.1. The van der Waals surface area contributed by atoms with E-state index in [9.17, 15) is 13.9 Å². The van der Waals surface area contributed by atoms with Crippen LogP contribution in [0.15, 0.2) is 42.7 Å². The zero-order valence-electron chi connectivity index (χ0n) is 17.0. The lowest BCUT2D eigenvalue weighted by Gasteiger charge is -2.30. The fourth-order valence-corrected chi connectivity index (χ4v) is 4.56. The third-order valence-electron chi connectivity index (χ3n) is 6.04. The zero-order chi connectivity index (χ0) is 21.4. The summed E-state index contributed by atoms with van der Waals surface area (Å²) >= 11 is 0. The van der Waals surface area contributed by atoms with Gasteiger partial charge in [-0.15, -0.1) is 10.2 Å². The van der Waals surface area contributed by atoms with Crippen LogP contribution in [-0.2, 0) is 26.2 Å². The Morgan fingerprint density at radius 3 is 2.74 bits per heavy atom. The number of hydrogen-bond acceptors (Lipinski definition) is 6. The van der Waals surface area contributed by atoms with E-state index in [1.165, 1.54) is 6.07 Å². The molecule has 1 saturated heterocycles. The van der Waals surface area contributed by atoms with Crippen LogP contribution in [0.25, 0.3) is 0 Å². The molecule has 5 rings (SSSR count). The van der Waals surface area contributed by atoms with Crippen molar-refractivity contribution in [3.8, 4) is 0 Å². The van der Waals surface area contributed by atoms with Crippen molar-refractivity contribution >= 4 is 0 Å². The first-order valence-corrected chi connectivity index (χ1v) is 10.5. The van der Waals surface area contributed by atoms with Gasteiger partial charge in [0.15, 0.2) is 17.5 Å². The number of rotatable bonds is 5. The van der Waals surface area contributed by atoms with Gasteiger partial charge in [-0.3, -0.25) is 14.8 Å². The highest BCUT2D eigenvalue weighted by atomic mass is 19.2. The maximum absolute atomic E-state index is 13.5. The van der Waals surface area contributed by atoms with Gasteiger partial charge in [0.1, 0.15) is 5.82 Å². The molecule has 0 spiro atoms. The van der Waals surface area contributed by atoms with Gasteiger partial charge in [-0.05, 0) is 35.7 Å². The summed E-state index contributed by atoms with van der Waals surface area (Å²) in [6.45, 7) is 3.87. The molecular weight excluding hydrogens is 402 g/mol. The molecule has 0 aliphatic carbocycles. The number of aromatic nitrogens is 4. The van der Waals surface area contributed by atoms with Crippen molar-refractivity contribution in [1.29, 1.82) is 0 Å². The molecule has 1 N–H and O–H groups in total. The fraction of sp³-hybridized carbons (Fsp3) is 0.409. The average Bonchev–Trinajstić information content (AvgIpc) is 3.34. The molecule has 2 aromatic heterocycles. The number of nitrogens with zero attached hydrogens (tertiary/aromatic N) is 6. The Bertz CT molecular complexity index is 1060. The van der Waals surface area contributed by atoms with Crippen LogP contribution in [0.5, 0.6) is 0 Å². The fourth-order valence-electron chi connectivity index (χ4n) is 4.56. The van der Waals surface area contributed by atoms with Gasteiger partial charge < -0.3 is 9.67 Å². The third-order valence-corrected chi connectivity index (χ3v) is 6.04. The van der Waals surface area contributed by atoms with Crippen LogP contribution in [0.4, 0.5) is 8.78 Å². The van der Waals surface area contributed by atoms with Crippen LogP contribution < -0.4 is 0 Å². The summed E-state index contributed by atoms with van der Waals surface area (Å²) in [5, 5.41) is 19.2. The largest absolute Gasteiger partial charge is 0.392 e. The topological polar surface area (TPSA) is 70.3 Å². The number of halogens is 2. The van der Waals surface area contributed by atoms with E-state index in [1.807, 2.05) is 18.3 Å². The molecule has 7 nitrogen and oxygen atoms in total. The van der Waals surface area contributed by atoms with Crippen molar-refractivity contribution in [2.75, 3.05) is 13.1 Å². The molecule has 1 fully saturated rings. The van der Waals surface area contributed by atoms with Gasteiger partial charge in [0.25, 0.3) is 0 Å². The lowest BCUT2D eigenvalue weighted by Crippen LogP contribution is -2.35. The Balaban J connectivity index is 1.31. The molecule has 0 amide bonds. The van der Waals surface area contributed by atoms with Crippen LogP contribution in [0, 0.1) is 11.6 Å². The number of aliphatic hydroxyl groups is 1. The molecule has 2 aliphatic rings. The predicted octanol–water partition coefficient (Wildman–Crippen LogP) is 2.28. The average molecular weight is 426 g/mol. The summed E-state index contributed by atoms with van der Waals surface area (Å²) in [6, 6.07) is 7.96. The van der Waals surface area contributed by atoms with Gasteiger partial charge >= 0.3 is 0 Å². The van der Waals surface area contributed by atoms with Crippen molar-refractivity contribution < 1.29 is 13.9 Å². The molecule has 4 heterocycles. The van der Waals surface area contributed by atoms with Crippen LogP contribution in [0.3, 0.4) is 0 Å². The van der Waals surface area contributed by atoms with Gasteiger partial charge in [-0.25, -0.2) is 8.78 Å². The molecule has 0 bridgehead atoms. The standard InChI is InChI=1S/C22H24F2N6O/c23-18-4-3-15(8-19(18)24)11-28-6-7-30-21(14-28)26-27-22(30)20-9-17(31)13-29(20)12-16-2-1-5-25-10-16/h1-5,8,10,17,20,31H,6-7,9,11-14H2/t17-,20+/m1/s1. The quantitative estimate of drug-likeness (QED) is 0.675. The molecular formula is C22H24F2N6O. The Kier molecular flexibility index (Phi) is 5.47. The molecule has 0 saturated carbocycles. The van der Waals surface area contributed by atoms with Crippen molar-refractivity contribution in [3.05, 3.63) is 77.1 Å². The Hall–Kier alpha value is -2.75. The second-order valence-electron chi connectivity index (χ2n) is 8.28. The smallest absolute Gasteiger partial charge is 0.159 e. The van der Waals surface area contributed by atoms with E-state index in [-0.39, 0.29) is 6.04 Å². The molecule has 162 valence electrons. The maximum atomic E-state index is 13.5. The first-order valence-electron chi connectivity index (χ1n) is 10.5. The van der Waals surface area contributed by atoms with Crippen molar-refractivity contribution in [3.63, 3.8) is 0 Å². The van der Waals surface area contributed by atoms with Crippen LogP contribution in [0.2, 0.25) is 0 Å². The number of aliphatic hydroxyl groups excluding tert-OH is 1. The van der Waals surface area contributed by atoms with Gasteiger partial charge in [0.2, 0.25) is 0 Å². The molecule has 1 aromatic carbocycles. The van der Waals surface area contributed by atoms with E-state index in [2.05, 4.69) is 29.5 Å². The number of β-amino-alcohol motifs (C(OH)–C–C–N with tert-alkyl or cyclic N) is 1. The molecule has 2 aliphatic heterocycles. The summed E-state index contributed by atoms with van der Waals surface area (Å²) in [4.78, 5) is 8.56. The number of hydrogen-bond donors (Lipinski definition) is 1. The predicted molar refractivity (Wildman–Crippen MR) is 109 cm³/mol. The summed E-state index contributed by atoms with van der Waals surface area (Å²) in [7, 11) is 0. The molecule has 0 unspecified atom stereocenters. The van der Waals surface area contributed by atoms with E-state index in [0.29, 0.717) is 39.1 Å². The molecule has 0 radical (unpaired) electrons. The highest BCUT2D eigenvalue weighted by Gasteiger charge is 2.36. The molecule has 3 aromatic rings. The molecule has 9 heteroatoms. The summed E-state index contributed by atoms with van der Waals surface area (Å²) in [5.74, 6) is 0.0734. The van der Waals surface area contributed by atoms with E-state index in [4.69, 9.17) is 0 Å². The Labute approximate surface area is 179 Å². The zero-order valence-corrected chi connectivity index (χ0v) is 17.0. The van der Waals surface area contributed by atoms with Crippen molar-refractivity contribution in [2.45, 2.75) is 44.7 Å². The minimum atomic E-state index is -0.832. The van der Waals surface area contributed by atoms with Gasteiger partial charge in [0.05, 0.1) is 18.7 Å². The monoisotopic (exact) mass is 426 g/mol. The summed E-state index contributed by atoms with van der Waals surface area (Å²) in [5.41, 5.74) is 1.83. The van der Waals surface area contributed by atoms with Gasteiger partial charge in [-0.1, -0.05) is 12.1 Å². The SMILES string of the molecule is O[C@@H]1C[C@@H](c2nnc3n2CCN(Cc2ccc(F)c(F)c2)C3)N(Cc2cccnc2)C1. The Morgan fingerprint density at radius 2 is 1.94 bits per heavy atom. The second kappa shape index (κ2) is 8.41. The highest BCUT2D eigenvalue weighted by molar-refractivity contribution is 5.18. The Morgan fingerprint density at radius 1 is 1.03 bits per heavy atom. The minimum Gasteiger partial charge on any atom is -0.392 e. The normalized spacial score (nSPS) is 22.0. The van der Waals surface area contributed by atoms with Crippen LogP contribution >= 0.6 is 0 Å². The first kappa shape index (κ1) is 20.2. The highest BCUT2D eigenvalue weighted by Crippen LogP contribution is 2.33. The van der Waals surface area contributed by atoms with Gasteiger partial charge in [0, 0.05) is 45.1 Å². The number of pyridine rings is 1. The molecule has 2 atom stereocenters. The van der Waals surface area contributed by atoms with Crippen LogP contribution in [0.1, 0.15) is 35.2 Å². The maximum Gasteiger partial charge on any atom is 0.159 e. The van der Waals surface area contributed by atoms with E-state index < -0.39 is 17.7 Å². The van der Waals surface area contributed by atoms with E-state index >= 15 is 0 Å². The number of fused-ring (bicyclic) bond motifs is 1. The summed E-state index contributed by atoms with van der Waals surface area (Å²) < 4.78 is 28.8. The van der Waals surface area contributed by atoms with E-state index in [0.717, 1.165) is 35.4 Å². The minimum absolute atomic E-state index is 0.00537. The first-order chi connectivity index (χ1) is 15.1. The summed E-state index contributed by atoms with van der Waals surface area (Å²) in [6.07, 6.45) is 3.82.